The van der Waals surface area contributed by atoms with Crippen LogP contribution in [0.15, 0.2) is 55.1 Å². The van der Waals surface area contributed by atoms with Gasteiger partial charge in [0.25, 0.3) is 5.91 Å². The van der Waals surface area contributed by atoms with Gasteiger partial charge in [-0.3, -0.25) is 4.79 Å². The fraction of sp³-hybridized carbons (Fsp3) is 0.346. The Hall–Kier alpha value is -3.01. The lowest BCUT2D eigenvalue weighted by Gasteiger charge is -2.12. The summed E-state index contributed by atoms with van der Waals surface area (Å²) in [6, 6.07) is 14.0. The van der Waals surface area contributed by atoms with Gasteiger partial charge in [-0.15, -0.1) is 6.58 Å². The van der Waals surface area contributed by atoms with Crippen LogP contribution >= 0.6 is 0 Å². The van der Waals surface area contributed by atoms with E-state index in [0.29, 0.717) is 30.7 Å². The molecule has 1 heterocycles. The zero-order chi connectivity index (χ0) is 21.8. The van der Waals surface area contributed by atoms with Gasteiger partial charge < -0.3 is 14.6 Å². The van der Waals surface area contributed by atoms with Gasteiger partial charge in [-0.05, 0) is 66.3 Å². The number of hydrogen-bond donors (Lipinski definition) is 1. The molecule has 0 aliphatic carbocycles. The molecule has 3 aromatic rings. The quantitative estimate of drug-likeness (QED) is 0.433. The lowest BCUT2D eigenvalue weighted by Crippen LogP contribution is -2.18. The number of carbonyl (C=O) groups is 1. The van der Waals surface area contributed by atoms with E-state index < -0.39 is 0 Å². The van der Waals surface area contributed by atoms with Crippen molar-refractivity contribution in [2.24, 2.45) is 5.92 Å². The molecule has 30 heavy (non-hydrogen) atoms. The van der Waals surface area contributed by atoms with E-state index in [1.54, 1.807) is 0 Å². The summed E-state index contributed by atoms with van der Waals surface area (Å²) in [7, 11) is 0. The molecule has 4 heteroatoms. The van der Waals surface area contributed by atoms with E-state index in [1.165, 1.54) is 5.56 Å². The molecule has 3 rings (SSSR count). The SMILES string of the molecule is C=CCn1c(C(=O)Nc2ccc(OCC(C)C)cc2)c(C)c2cc(C(C)C)ccc21. The highest BCUT2D eigenvalue weighted by atomic mass is 16.5. The summed E-state index contributed by atoms with van der Waals surface area (Å²) in [4.78, 5) is 13.2. The number of benzene rings is 2. The van der Waals surface area contributed by atoms with Gasteiger partial charge >= 0.3 is 0 Å². The summed E-state index contributed by atoms with van der Waals surface area (Å²) in [6.07, 6.45) is 1.83. The van der Waals surface area contributed by atoms with Crippen molar-refractivity contribution in [2.75, 3.05) is 11.9 Å². The molecule has 0 aliphatic heterocycles. The Balaban J connectivity index is 1.91. The van der Waals surface area contributed by atoms with Crippen molar-refractivity contribution in [1.29, 1.82) is 0 Å². The van der Waals surface area contributed by atoms with Crippen LogP contribution in [0.1, 0.15) is 55.2 Å². The summed E-state index contributed by atoms with van der Waals surface area (Å²) in [5, 5.41) is 4.15. The second kappa shape index (κ2) is 9.21. The average Bonchev–Trinajstić information content (AvgIpc) is 2.99. The molecule has 0 radical (unpaired) electrons. The van der Waals surface area contributed by atoms with Crippen LogP contribution in [0.4, 0.5) is 5.69 Å². The molecular formula is C26H32N2O2. The highest BCUT2D eigenvalue weighted by Gasteiger charge is 2.20. The van der Waals surface area contributed by atoms with Crippen molar-refractivity contribution in [1.82, 2.24) is 4.57 Å². The molecule has 0 saturated carbocycles. The number of amides is 1. The summed E-state index contributed by atoms with van der Waals surface area (Å²) in [5.41, 5.74) is 4.73. The third kappa shape index (κ3) is 4.59. The van der Waals surface area contributed by atoms with E-state index in [2.05, 4.69) is 57.8 Å². The maximum atomic E-state index is 13.2. The highest BCUT2D eigenvalue weighted by Crippen LogP contribution is 2.30. The smallest absolute Gasteiger partial charge is 0.272 e. The van der Waals surface area contributed by atoms with Crippen LogP contribution in [0.2, 0.25) is 0 Å². The molecule has 1 amide bonds. The normalized spacial score (nSPS) is 11.3. The summed E-state index contributed by atoms with van der Waals surface area (Å²) in [5.74, 6) is 1.59. The van der Waals surface area contributed by atoms with Crippen LogP contribution in [0.3, 0.4) is 0 Å². The van der Waals surface area contributed by atoms with Crippen LogP contribution in [0.25, 0.3) is 10.9 Å². The minimum Gasteiger partial charge on any atom is -0.493 e. The summed E-state index contributed by atoms with van der Waals surface area (Å²) in [6.45, 7) is 15.7. The summed E-state index contributed by atoms with van der Waals surface area (Å²) >= 11 is 0. The van der Waals surface area contributed by atoms with Crippen molar-refractivity contribution in [3.05, 3.63) is 71.9 Å². The van der Waals surface area contributed by atoms with E-state index in [0.717, 1.165) is 27.9 Å². The minimum atomic E-state index is -0.118. The number of anilines is 1. The molecule has 0 bridgehead atoms. The summed E-state index contributed by atoms with van der Waals surface area (Å²) < 4.78 is 7.76. The molecule has 0 spiro atoms. The van der Waals surface area contributed by atoms with Crippen molar-refractivity contribution in [2.45, 2.75) is 47.1 Å². The number of ether oxygens (including phenoxy) is 1. The Morgan fingerprint density at radius 3 is 2.43 bits per heavy atom. The monoisotopic (exact) mass is 404 g/mol. The van der Waals surface area contributed by atoms with Crippen molar-refractivity contribution < 1.29 is 9.53 Å². The van der Waals surface area contributed by atoms with Crippen molar-refractivity contribution in [3.63, 3.8) is 0 Å². The van der Waals surface area contributed by atoms with Gasteiger partial charge in [0, 0.05) is 23.1 Å². The molecule has 0 aliphatic rings. The Morgan fingerprint density at radius 1 is 1.13 bits per heavy atom. The molecule has 4 nitrogen and oxygen atoms in total. The van der Waals surface area contributed by atoms with Gasteiger partial charge in [0.15, 0.2) is 0 Å². The first-order chi connectivity index (χ1) is 14.3. The Kier molecular flexibility index (Phi) is 6.66. The number of rotatable bonds is 8. The number of fused-ring (bicyclic) bond motifs is 1. The van der Waals surface area contributed by atoms with E-state index >= 15 is 0 Å². The van der Waals surface area contributed by atoms with Gasteiger partial charge in [-0.2, -0.15) is 0 Å². The zero-order valence-electron chi connectivity index (χ0n) is 18.7. The largest absolute Gasteiger partial charge is 0.493 e. The third-order valence-electron chi connectivity index (χ3n) is 5.23. The van der Waals surface area contributed by atoms with Gasteiger partial charge in [0.05, 0.1) is 6.61 Å². The first-order valence-electron chi connectivity index (χ1n) is 10.6. The zero-order valence-corrected chi connectivity index (χ0v) is 18.7. The van der Waals surface area contributed by atoms with Crippen LogP contribution in [-0.4, -0.2) is 17.1 Å². The molecule has 0 atom stereocenters. The van der Waals surface area contributed by atoms with Gasteiger partial charge in [-0.1, -0.05) is 39.8 Å². The molecule has 1 aromatic heterocycles. The number of hydrogen-bond acceptors (Lipinski definition) is 2. The van der Waals surface area contributed by atoms with E-state index in [-0.39, 0.29) is 5.91 Å². The van der Waals surface area contributed by atoms with Crippen molar-refractivity contribution >= 4 is 22.5 Å². The number of nitrogens with one attached hydrogen (secondary N) is 1. The van der Waals surface area contributed by atoms with Gasteiger partial charge in [0.1, 0.15) is 11.4 Å². The molecule has 158 valence electrons. The fourth-order valence-electron chi connectivity index (χ4n) is 3.60. The predicted octanol–water partition coefficient (Wildman–Crippen LogP) is 6.55. The molecule has 0 unspecified atom stereocenters. The van der Waals surface area contributed by atoms with E-state index in [9.17, 15) is 4.79 Å². The van der Waals surface area contributed by atoms with E-state index in [4.69, 9.17) is 4.74 Å². The standard InChI is InChI=1S/C26H32N2O2/c1-7-14-28-24-13-8-20(18(4)5)15-23(24)19(6)25(28)26(29)27-21-9-11-22(12-10-21)30-16-17(2)3/h7-13,15,17-18H,1,14,16H2,2-6H3,(H,27,29). The molecule has 0 fully saturated rings. The molecular weight excluding hydrogens is 372 g/mol. The lowest BCUT2D eigenvalue weighted by molar-refractivity contribution is 0.101. The molecule has 0 saturated heterocycles. The number of nitrogens with zero attached hydrogens (tertiary/aromatic N) is 1. The second-order valence-corrected chi connectivity index (χ2v) is 8.49. The topological polar surface area (TPSA) is 43.3 Å². The first kappa shape index (κ1) is 21.7. The van der Waals surface area contributed by atoms with E-state index in [1.807, 2.05) is 41.8 Å². The molecule has 1 N–H and O–H groups in total. The maximum absolute atomic E-state index is 13.2. The first-order valence-corrected chi connectivity index (χ1v) is 10.6. The lowest BCUT2D eigenvalue weighted by atomic mass is 10.0. The minimum absolute atomic E-state index is 0.118. The number of allylic oxidation sites excluding steroid dienone is 1. The van der Waals surface area contributed by atoms with Crippen LogP contribution < -0.4 is 10.1 Å². The third-order valence-corrected chi connectivity index (χ3v) is 5.23. The molecule has 2 aromatic carbocycles. The Labute approximate surface area is 179 Å². The average molecular weight is 405 g/mol. The van der Waals surface area contributed by atoms with Gasteiger partial charge in [0.2, 0.25) is 0 Å². The van der Waals surface area contributed by atoms with Crippen LogP contribution in [0.5, 0.6) is 5.75 Å². The van der Waals surface area contributed by atoms with Crippen molar-refractivity contribution in [3.8, 4) is 5.75 Å². The number of carbonyl (C=O) groups excluding carboxylic acids is 1. The van der Waals surface area contributed by atoms with Crippen LogP contribution in [0, 0.1) is 12.8 Å². The Bertz CT molecular complexity index is 1040. The van der Waals surface area contributed by atoms with Gasteiger partial charge in [-0.25, -0.2) is 0 Å². The highest BCUT2D eigenvalue weighted by molar-refractivity contribution is 6.08. The Morgan fingerprint density at radius 2 is 1.83 bits per heavy atom. The fourth-order valence-corrected chi connectivity index (χ4v) is 3.60. The maximum Gasteiger partial charge on any atom is 0.272 e. The number of aromatic nitrogens is 1. The second-order valence-electron chi connectivity index (χ2n) is 8.49. The van der Waals surface area contributed by atoms with Crippen LogP contribution in [-0.2, 0) is 6.54 Å². The predicted molar refractivity (Wildman–Crippen MR) is 126 cm³/mol. The number of aryl methyl sites for hydroxylation is 1.